The van der Waals surface area contributed by atoms with Gasteiger partial charge in [0.05, 0.1) is 5.54 Å². The molecule has 1 aliphatic rings. The smallest absolute Gasteiger partial charge is 0.217 e. The van der Waals surface area contributed by atoms with Crippen LogP contribution in [0.15, 0.2) is 47.5 Å². The summed E-state index contributed by atoms with van der Waals surface area (Å²) in [4.78, 5) is 4.67. The summed E-state index contributed by atoms with van der Waals surface area (Å²) in [6, 6.07) is 14.3. The molecule has 21 heavy (non-hydrogen) atoms. The van der Waals surface area contributed by atoms with Crippen LogP contribution >= 0.6 is 11.6 Å². The van der Waals surface area contributed by atoms with Gasteiger partial charge in [-0.25, -0.2) is 4.99 Å². The minimum absolute atomic E-state index is 0.178. The number of nitrogens with zero attached hydrogens (tertiary/aromatic N) is 1. The van der Waals surface area contributed by atoms with Crippen LogP contribution in [0.25, 0.3) is 11.1 Å². The molecule has 3 rings (SSSR count). The average Bonchev–Trinajstić information content (AvgIpc) is 2.80. The summed E-state index contributed by atoms with van der Waals surface area (Å²) in [7, 11) is 0. The van der Waals surface area contributed by atoms with E-state index in [0.29, 0.717) is 17.5 Å². The van der Waals surface area contributed by atoms with Gasteiger partial charge >= 0.3 is 0 Å². The first-order valence-electron chi connectivity index (χ1n) is 7.04. The lowest BCUT2D eigenvalue weighted by Gasteiger charge is -2.10. The molecule has 0 aliphatic carbocycles. The van der Waals surface area contributed by atoms with Crippen molar-refractivity contribution in [2.45, 2.75) is 26.3 Å². The second kappa shape index (κ2) is 5.19. The molecule has 0 amide bonds. The average molecular weight is 300 g/mol. The number of aliphatic imine (C=N–C) groups is 1. The summed E-state index contributed by atoms with van der Waals surface area (Å²) in [5, 5.41) is 0.692. The highest BCUT2D eigenvalue weighted by Gasteiger charge is 2.28. The minimum atomic E-state index is -0.178. The Kier molecular flexibility index (Phi) is 3.50. The predicted octanol–water partition coefficient (Wildman–Crippen LogP) is 4.87. The summed E-state index contributed by atoms with van der Waals surface area (Å²) in [5.74, 6) is 0.679. The Morgan fingerprint density at radius 2 is 1.76 bits per heavy atom. The quantitative estimate of drug-likeness (QED) is 0.775. The van der Waals surface area contributed by atoms with Crippen molar-refractivity contribution in [3.63, 3.8) is 0 Å². The zero-order valence-electron chi connectivity index (χ0n) is 12.5. The van der Waals surface area contributed by atoms with Crippen LogP contribution in [0.5, 0.6) is 0 Å². The van der Waals surface area contributed by atoms with Crippen LogP contribution in [-0.4, -0.2) is 18.0 Å². The highest BCUT2D eigenvalue weighted by molar-refractivity contribution is 6.31. The highest BCUT2D eigenvalue weighted by Crippen LogP contribution is 2.30. The topological polar surface area (TPSA) is 21.6 Å². The van der Waals surface area contributed by atoms with Crippen LogP contribution in [0, 0.1) is 6.92 Å². The third-order valence-corrected chi connectivity index (χ3v) is 3.78. The lowest BCUT2D eigenvalue weighted by atomic mass is 9.98. The maximum atomic E-state index is 6.17. The molecule has 0 N–H and O–H groups in total. The van der Waals surface area contributed by atoms with Gasteiger partial charge in [-0.3, -0.25) is 0 Å². The first kappa shape index (κ1) is 14.2. The van der Waals surface area contributed by atoms with E-state index in [1.165, 1.54) is 5.56 Å². The Morgan fingerprint density at radius 3 is 2.38 bits per heavy atom. The molecule has 2 aromatic carbocycles. The van der Waals surface area contributed by atoms with E-state index < -0.39 is 0 Å². The largest absolute Gasteiger partial charge is 0.475 e. The number of rotatable bonds is 2. The number of aryl methyl sites for hydroxylation is 1. The van der Waals surface area contributed by atoms with Gasteiger partial charge in [0.15, 0.2) is 0 Å². The van der Waals surface area contributed by atoms with Gasteiger partial charge in [-0.05, 0) is 44.0 Å². The predicted molar refractivity (Wildman–Crippen MR) is 88.2 cm³/mol. The van der Waals surface area contributed by atoms with Crippen LogP contribution in [0.3, 0.4) is 0 Å². The third-order valence-electron chi connectivity index (χ3n) is 3.54. The van der Waals surface area contributed by atoms with Crippen molar-refractivity contribution in [2.75, 3.05) is 6.61 Å². The van der Waals surface area contributed by atoms with Gasteiger partial charge < -0.3 is 4.74 Å². The van der Waals surface area contributed by atoms with Gasteiger partial charge in [0.25, 0.3) is 0 Å². The van der Waals surface area contributed by atoms with Crippen molar-refractivity contribution >= 4 is 17.5 Å². The van der Waals surface area contributed by atoms with Gasteiger partial charge in [0.1, 0.15) is 6.61 Å². The van der Waals surface area contributed by atoms with Gasteiger partial charge in [-0.15, -0.1) is 0 Å². The van der Waals surface area contributed by atoms with E-state index in [4.69, 9.17) is 16.3 Å². The molecule has 0 atom stereocenters. The Bertz CT molecular complexity index is 702. The van der Waals surface area contributed by atoms with Crippen LogP contribution in [0.4, 0.5) is 0 Å². The van der Waals surface area contributed by atoms with Crippen LogP contribution in [0.2, 0.25) is 5.02 Å². The molecule has 108 valence electrons. The fourth-order valence-corrected chi connectivity index (χ4v) is 2.57. The molecule has 0 radical (unpaired) electrons. The van der Waals surface area contributed by atoms with Crippen molar-refractivity contribution in [1.29, 1.82) is 0 Å². The Balaban J connectivity index is 2.12. The van der Waals surface area contributed by atoms with Gasteiger partial charge in [0.2, 0.25) is 5.90 Å². The number of hydrogen-bond acceptors (Lipinski definition) is 2. The molecule has 1 aliphatic heterocycles. The van der Waals surface area contributed by atoms with Gasteiger partial charge in [-0.2, -0.15) is 0 Å². The summed E-state index contributed by atoms with van der Waals surface area (Å²) in [6.45, 7) is 6.81. The van der Waals surface area contributed by atoms with E-state index >= 15 is 0 Å². The molecule has 0 fully saturated rings. The van der Waals surface area contributed by atoms with E-state index in [9.17, 15) is 0 Å². The lowest BCUT2D eigenvalue weighted by Crippen LogP contribution is -2.17. The normalized spacial score (nSPS) is 16.5. The van der Waals surface area contributed by atoms with E-state index in [2.05, 4.69) is 50.0 Å². The molecule has 1 heterocycles. The minimum Gasteiger partial charge on any atom is -0.475 e. The first-order valence-corrected chi connectivity index (χ1v) is 7.42. The van der Waals surface area contributed by atoms with E-state index in [-0.39, 0.29) is 5.54 Å². The first-order chi connectivity index (χ1) is 9.94. The van der Waals surface area contributed by atoms with Crippen molar-refractivity contribution < 1.29 is 4.74 Å². The maximum Gasteiger partial charge on any atom is 0.217 e. The van der Waals surface area contributed by atoms with Crippen LogP contribution in [-0.2, 0) is 4.74 Å². The summed E-state index contributed by atoms with van der Waals surface area (Å²) in [6.07, 6.45) is 0. The standard InChI is InChI=1S/C18H18ClNO/c1-12-4-6-13(7-5-12)15-9-8-14(19)10-16(15)17-20-18(2,3)11-21-17/h4-10H,11H2,1-3H3. The second-order valence-electron chi connectivity index (χ2n) is 6.07. The van der Waals surface area contributed by atoms with Gasteiger partial charge in [0, 0.05) is 10.6 Å². The number of ether oxygens (including phenoxy) is 1. The van der Waals surface area contributed by atoms with Crippen molar-refractivity contribution in [3.8, 4) is 11.1 Å². The summed E-state index contributed by atoms with van der Waals surface area (Å²) in [5.41, 5.74) is 4.25. The summed E-state index contributed by atoms with van der Waals surface area (Å²) >= 11 is 6.17. The molecule has 2 nitrogen and oxygen atoms in total. The zero-order chi connectivity index (χ0) is 15.0. The molecule has 0 saturated carbocycles. The monoisotopic (exact) mass is 299 g/mol. The van der Waals surface area contributed by atoms with Crippen molar-refractivity contribution in [2.24, 2.45) is 4.99 Å². The lowest BCUT2D eigenvalue weighted by molar-refractivity contribution is 0.279. The van der Waals surface area contributed by atoms with E-state index in [0.717, 1.165) is 16.7 Å². The third kappa shape index (κ3) is 2.96. The van der Waals surface area contributed by atoms with Crippen LogP contribution in [0.1, 0.15) is 25.0 Å². The molecular weight excluding hydrogens is 282 g/mol. The molecule has 2 aromatic rings. The highest BCUT2D eigenvalue weighted by atomic mass is 35.5. The Labute approximate surface area is 130 Å². The van der Waals surface area contributed by atoms with E-state index in [1.807, 2.05) is 18.2 Å². The molecular formula is C18H18ClNO. The zero-order valence-corrected chi connectivity index (χ0v) is 13.2. The Morgan fingerprint density at radius 1 is 1.05 bits per heavy atom. The molecule has 0 unspecified atom stereocenters. The van der Waals surface area contributed by atoms with Crippen molar-refractivity contribution in [3.05, 3.63) is 58.6 Å². The molecule has 0 saturated heterocycles. The fourth-order valence-electron chi connectivity index (χ4n) is 2.40. The number of halogens is 1. The van der Waals surface area contributed by atoms with Gasteiger partial charge in [-0.1, -0.05) is 47.5 Å². The molecule has 0 aromatic heterocycles. The maximum absolute atomic E-state index is 6.17. The number of hydrogen-bond donors (Lipinski definition) is 0. The molecule has 0 bridgehead atoms. The summed E-state index contributed by atoms with van der Waals surface area (Å²) < 4.78 is 5.79. The molecule has 3 heteroatoms. The van der Waals surface area contributed by atoms with Crippen molar-refractivity contribution in [1.82, 2.24) is 0 Å². The SMILES string of the molecule is Cc1ccc(-c2ccc(Cl)cc2C2=NC(C)(C)CO2)cc1. The number of benzene rings is 2. The Hall–Kier alpha value is -1.80. The van der Waals surface area contributed by atoms with Crippen LogP contribution < -0.4 is 0 Å². The molecule has 0 spiro atoms. The second-order valence-corrected chi connectivity index (χ2v) is 6.51. The van der Waals surface area contributed by atoms with E-state index in [1.54, 1.807) is 0 Å². The fraction of sp³-hybridized carbons (Fsp3) is 0.278.